The van der Waals surface area contributed by atoms with Gasteiger partial charge in [0, 0.05) is 24.6 Å². The van der Waals surface area contributed by atoms with Gasteiger partial charge in [-0.2, -0.15) is 5.26 Å². The van der Waals surface area contributed by atoms with Gasteiger partial charge in [-0.1, -0.05) is 47.1 Å². The van der Waals surface area contributed by atoms with Crippen LogP contribution in [-0.2, 0) is 20.9 Å². The molecule has 4 N–H and O–H groups in total. The number of nitrogens with one attached hydrogen (secondary N) is 3. The Morgan fingerprint density at radius 1 is 1.06 bits per heavy atom. The molecule has 2 aromatic carbocycles. The van der Waals surface area contributed by atoms with Gasteiger partial charge in [-0.05, 0) is 70.9 Å². The second-order valence-corrected chi connectivity index (χ2v) is 12.3. The van der Waals surface area contributed by atoms with Crippen molar-refractivity contribution in [2.75, 3.05) is 6.61 Å². The number of nitrogens with zero attached hydrogens (tertiary/aromatic N) is 2. The lowest BCUT2D eigenvalue weighted by Gasteiger charge is -2.23. The number of hydrogen-bond acceptors (Lipinski definition) is 9. The maximum atomic E-state index is 13.4. The van der Waals surface area contributed by atoms with Gasteiger partial charge in [0.25, 0.3) is 11.8 Å². The highest BCUT2D eigenvalue weighted by Crippen LogP contribution is 2.18. The molecule has 0 saturated carbocycles. The maximum Gasteiger partial charge on any atom is 0.274 e. The number of aromatic nitrogens is 1. The molecule has 3 aromatic rings. The van der Waals surface area contributed by atoms with E-state index in [1.54, 1.807) is 31.2 Å². The molecule has 0 fully saturated rings. The van der Waals surface area contributed by atoms with Crippen LogP contribution in [0, 0.1) is 31.1 Å². The van der Waals surface area contributed by atoms with E-state index in [-0.39, 0.29) is 30.8 Å². The van der Waals surface area contributed by atoms with Crippen molar-refractivity contribution in [3.63, 3.8) is 0 Å². The number of ketones is 1. The zero-order valence-electron chi connectivity index (χ0n) is 27.4. The van der Waals surface area contributed by atoms with Crippen molar-refractivity contribution < 1.29 is 33.5 Å². The van der Waals surface area contributed by atoms with Crippen molar-refractivity contribution in [2.24, 2.45) is 5.92 Å². The van der Waals surface area contributed by atoms with E-state index in [9.17, 15) is 29.5 Å². The average Bonchev–Trinajstić information content (AvgIpc) is 3.45. The maximum absolute atomic E-state index is 13.4. The van der Waals surface area contributed by atoms with Crippen LogP contribution in [0.2, 0.25) is 0 Å². The smallest absolute Gasteiger partial charge is 0.274 e. The minimum Gasteiger partial charge on any atom is -0.493 e. The molecule has 0 saturated heterocycles. The molecule has 1 heterocycles. The zero-order valence-corrected chi connectivity index (χ0v) is 27.4. The van der Waals surface area contributed by atoms with Gasteiger partial charge in [0.2, 0.25) is 5.91 Å². The van der Waals surface area contributed by atoms with E-state index >= 15 is 0 Å². The molecule has 0 aliphatic rings. The van der Waals surface area contributed by atoms with Gasteiger partial charge in [-0.15, -0.1) is 0 Å². The van der Waals surface area contributed by atoms with Crippen LogP contribution in [0.1, 0.15) is 67.1 Å². The number of ether oxygens (including phenoxy) is 1. The Morgan fingerprint density at radius 3 is 2.28 bits per heavy atom. The number of hydrogen-bond donors (Lipinski definition) is 4. The number of carbonyl (C=O) groups is 4. The van der Waals surface area contributed by atoms with Crippen LogP contribution in [0.4, 0.5) is 0 Å². The van der Waals surface area contributed by atoms with E-state index in [0.717, 1.165) is 11.1 Å². The number of aliphatic hydroxyl groups excluding tert-OH is 1. The minimum atomic E-state index is -1.32. The molecular formula is C35H41N5O7. The molecule has 12 nitrogen and oxygen atoms in total. The van der Waals surface area contributed by atoms with Crippen molar-refractivity contribution in [1.82, 2.24) is 21.1 Å². The predicted octanol–water partition coefficient (Wildman–Crippen LogP) is 3.56. The normalized spacial score (nSPS) is 13.4. The molecule has 3 amide bonds. The SMILES string of the molecule is Cc1ccc(CNC(=O)[C@H](COc2ccc(C=C(C#N)C(=O)NC(C)(C)C)cc2)CC(=O)[C@@H](NC(=O)c2cc(C)on2)[C@@H](C)O)cc1. The standard InChI is InChI=1S/C35H41N5O7/c1-21-7-9-25(10-8-21)19-37-32(43)27(17-30(42)31(23(3)41)38-34(45)29-15-22(2)47-40-29)20-46-28-13-11-24(12-14-28)16-26(18-36)33(44)39-35(4,5)6/h7-16,23,27,31,41H,17,19-20H2,1-6H3,(H,37,43)(H,38,45)(H,39,44)/t23-,27+,31+/m1/s1. The monoisotopic (exact) mass is 643 g/mol. The summed E-state index contributed by atoms with van der Waals surface area (Å²) >= 11 is 0. The molecule has 0 spiro atoms. The second-order valence-electron chi connectivity index (χ2n) is 12.3. The van der Waals surface area contributed by atoms with Gasteiger partial charge in [0.1, 0.15) is 35.8 Å². The molecule has 47 heavy (non-hydrogen) atoms. The molecule has 0 bridgehead atoms. The summed E-state index contributed by atoms with van der Waals surface area (Å²) in [6.45, 7) is 10.4. The highest BCUT2D eigenvalue weighted by molar-refractivity contribution is 6.02. The van der Waals surface area contributed by atoms with Crippen LogP contribution in [0.3, 0.4) is 0 Å². The number of nitriles is 1. The summed E-state index contributed by atoms with van der Waals surface area (Å²) in [6, 6.07) is 16.2. The van der Waals surface area contributed by atoms with E-state index in [2.05, 4.69) is 21.1 Å². The van der Waals surface area contributed by atoms with Gasteiger partial charge in [-0.25, -0.2) is 0 Å². The Hall–Kier alpha value is -5.28. The summed E-state index contributed by atoms with van der Waals surface area (Å²) in [4.78, 5) is 51.8. The predicted molar refractivity (Wildman–Crippen MR) is 174 cm³/mol. The fourth-order valence-corrected chi connectivity index (χ4v) is 4.38. The first kappa shape index (κ1) is 36.2. The number of rotatable bonds is 14. The van der Waals surface area contributed by atoms with Crippen molar-refractivity contribution in [3.05, 3.63) is 88.3 Å². The first-order valence-corrected chi connectivity index (χ1v) is 15.1. The van der Waals surface area contributed by atoms with E-state index in [4.69, 9.17) is 9.26 Å². The van der Waals surface area contributed by atoms with Crippen molar-refractivity contribution in [2.45, 2.75) is 72.2 Å². The lowest BCUT2D eigenvalue weighted by molar-refractivity contribution is -0.132. The summed E-state index contributed by atoms with van der Waals surface area (Å²) in [5, 5.41) is 31.5. The van der Waals surface area contributed by atoms with Crippen LogP contribution in [0.5, 0.6) is 5.75 Å². The molecular weight excluding hydrogens is 602 g/mol. The van der Waals surface area contributed by atoms with Gasteiger partial charge in [0.15, 0.2) is 11.5 Å². The number of Topliss-reactive ketones (excluding diaryl/α,β-unsaturated/α-hetero) is 1. The highest BCUT2D eigenvalue weighted by Gasteiger charge is 2.31. The van der Waals surface area contributed by atoms with E-state index < -0.39 is 47.1 Å². The molecule has 0 aliphatic heterocycles. The van der Waals surface area contributed by atoms with Gasteiger partial charge in [-0.3, -0.25) is 19.2 Å². The second kappa shape index (κ2) is 16.3. The topological polar surface area (TPSA) is 184 Å². The molecule has 0 radical (unpaired) electrons. The Kier molecular flexibility index (Phi) is 12.6. The van der Waals surface area contributed by atoms with E-state index in [1.807, 2.05) is 58.0 Å². The van der Waals surface area contributed by atoms with Gasteiger partial charge < -0.3 is 30.3 Å². The molecule has 3 atom stereocenters. The molecule has 0 unspecified atom stereocenters. The van der Waals surface area contributed by atoms with E-state index in [0.29, 0.717) is 17.1 Å². The number of benzene rings is 2. The van der Waals surface area contributed by atoms with Crippen LogP contribution in [0.15, 0.2) is 64.7 Å². The molecule has 1 aromatic heterocycles. The van der Waals surface area contributed by atoms with Crippen molar-refractivity contribution in [3.8, 4) is 11.8 Å². The fraction of sp³-hybridized carbons (Fsp3) is 0.371. The van der Waals surface area contributed by atoms with Crippen LogP contribution >= 0.6 is 0 Å². The first-order valence-electron chi connectivity index (χ1n) is 15.1. The fourth-order valence-electron chi connectivity index (χ4n) is 4.38. The summed E-state index contributed by atoms with van der Waals surface area (Å²) in [5.41, 5.74) is 1.90. The first-order chi connectivity index (χ1) is 22.1. The third-order valence-corrected chi connectivity index (χ3v) is 6.88. The van der Waals surface area contributed by atoms with Crippen LogP contribution < -0.4 is 20.7 Å². The lowest BCUT2D eigenvalue weighted by Crippen LogP contribution is -2.49. The Bertz CT molecular complexity index is 1630. The van der Waals surface area contributed by atoms with Crippen molar-refractivity contribution in [1.29, 1.82) is 5.26 Å². The van der Waals surface area contributed by atoms with Crippen LogP contribution in [0.25, 0.3) is 6.08 Å². The third kappa shape index (κ3) is 11.5. The number of aliphatic hydroxyl groups is 1. The number of aryl methyl sites for hydroxylation is 2. The van der Waals surface area contributed by atoms with Crippen molar-refractivity contribution >= 4 is 29.6 Å². The largest absolute Gasteiger partial charge is 0.493 e. The van der Waals surface area contributed by atoms with Gasteiger partial charge in [0.05, 0.1) is 12.0 Å². The molecule has 0 aliphatic carbocycles. The Balaban J connectivity index is 1.74. The number of amides is 3. The Morgan fingerprint density at radius 2 is 1.72 bits per heavy atom. The Labute approximate surface area is 274 Å². The number of carbonyl (C=O) groups excluding carboxylic acids is 4. The highest BCUT2D eigenvalue weighted by atomic mass is 16.5. The zero-order chi connectivity index (χ0) is 34.7. The quantitative estimate of drug-likeness (QED) is 0.151. The lowest BCUT2D eigenvalue weighted by atomic mass is 9.95. The molecule has 3 rings (SSSR count). The average molecular weight is 644 g/mol. The molecule has 12 heteroatoms. The molecule has 248 valence electrons. The summed E-state index contributed by atoms with van der Waals surface area (Å²) in [6.07, 6.45) is -0.153. The van der Waals surface area contributed by atoms with Crippen LogP contribution in [-0.4, -0.2) is 58.1 Å². The van der Waals surface area contributed by atoms with Gasteiger partial charge >= 0.3 is 0 Å². The summed E-state index contributed by atoms with van der Waals surface area (Å²) < 4.78 is 10.8. The summed E-state index contributed by atoms with van der Waals surface area (Å²) in [5.74, 6) is -2.43. The third-order valence-electron chi connectivity index (χ3n) is 6.88. The van der Waals surface area contributed by atoms with E-state index in [1.165, 1.54) is 19.1 Å². The minimum absolute atomic E-state index is 0.0494. The summed E-state index contributed by atoms with van der Waals surface area (Å²) in [7, 11) is 0.